The molecule has 3 nitrogen and oxygen atoms in total. The first-order valence-corrected chi connectivity index (χ1v) is 6.64. The average molecular weight is 262 g/mol. The van der Waals surface area contributed by atoms with Crippen LogP contribution in [0, 0.1) is 5.92 Å². The number of carbonyl (C=O) groups excluding carboxylic acids is 1. The van der Waals surface area contributed by atoms with Crippen molar-refractivity contribution in [2.45, 2.75) is 45.3 Å². The highest BCUT2D eigenvalue weighted by molar-refractivity contribution is 6.01. The molecule has 1 aromatic rings. The summed E-state index contributed by atoms with van der Waals surface area (Å²) in [5, 5.41) is 0. The van der Waals surface area contributed by atoms with Crippen molar-refractivity contribution in [1.82, 2.24) is 0 Å². The second-order valence-corrected chi connectivity index (χ2v) is 6.29. The smallest absolute Gasteiger partial charge is 0.172 e. The Bertz CT molecular complexity index is 489. The van der Waals surface area contributed by atoms with Crippen LogP contribution in [0.25, 0.3) is 0 Å². The van der Waals surface area contributed by atoms with Gasteiger partial charge in [0.15, 0.2) is 5.78 Å². The molecule has 104 valence electrons. The maximum absolute atomic E-state index is 12.8. The molecule has 0 bridgehead atoms. The van der Waals surface area contributed by atoms with Gasteiger partial charge in [0.25, 0.3) is 0 Å². The maximum Gasteiger partial charge on any atom is 0.172 e. The van der Waals surface area contributed by atoms with E-state index in [0.29, 0.717) is 11.3 Å². The molecule has 0 aromatic heterocycles. The van der Waals surface area contributed by atoms with E-state index in [-0.39, 0.29) is 17.3 Å². The molecule has 0 N–H and O–H groups in total. The molecule has 3 heteroatoms. The Kier molecular flexibility index (Phi) is 3.43. The van der Waals surface area contributed by atoms with Crippen LogP contribution >= 0.6 is 0 Å². The molecule has 0 saturated carbocycles. The molecule has 2 rings (SSSR count). The van der Waals surface area contributed by atoms with Crippen molar-refractivity contribution in [3.63, 3.8) is 0 Å². The molecule has 0 radical (unpaired) electrons. The minimum Gasteiger partial charge on any atom is -0.496 e. The quantitative estimate of drug-likeness (QED) is 0.782. The van der Waals surface area contributed by atoms with E-state index >= 15 is 0 Å². The van der Waals surface area contributed by atoms with E-state index < -0.39 is 5.60 Å². The third-order valence-corrected chi connectivity index (χ3v) is 3.76. The van der Waals surface area contributed by atoms with Crippen LogP contribution in [0.4, 0.5) is 0 Å². The maximum atomic E-state index is 12.8. The fourth-order valence-corrected chi connectivity index (χ4v) is 3.01. The topological polar surface area (TPSA) is 35.5 Å². The van der Waals surface area contributed by atoms with E-state index in [1.165, 1.54) is 0 Å². The van der Waals surface area contributed by atoms with E-state index in [1.54, 1.807) is 7.11 Å². The molecule has 1 aromatic carbocycles. The SMILES string of the molecule is COc1ccccc1C(=O)C1CC(C)(C)OC1(C)C. The zero-order valence-corrected chi connectivity index (χ0v) is 12.3. The van der Waals surface area contributed by atoms with E-state index in [4.69, 9.17) is 9.47 Å². The molecule has 0 spiro atoms. The standard InChI is InChI=1S/C16H22O3/c1-15(2)10-12(16(3,4)19-15)14(17)11-8-6-7-9-13(11)18-5/h6-9,12H,10H2,1-5H3. The minimum absolute atomic E-state index is 0.105. The van der Waals surface area contributed by atoms with Crippen LogP contribution in [0.15, 0.2) is 24.3 Å². The van der Waals surface area contributed by atoms with E-state index in [0.717, 1.165) is 6.42 Å². The first-order valence-electron chi connectivity index (χ1n) is 6.64. The Labute approximate surface area is 114 Å². The van der Waals surface area contributed by atoms with Crippen molar-refractivity contribution >= 4 is 5.78 Å². The second-order valence-electron chi connectivity index (χ2n) is 6.29. The molecule has 1 unspecified atom stereocenters. The van der Waals surface area contributed by atoms with Crippen molar-refractivity contribution in [2.24, 2.45) is 5.92 Å². The lowest BCUT2D eigenvalue weighted by Gasteiger charge is -2.26. The fourth-order valence-electron chi connectivity index (χ4n) is 3.01. The van der Waals surface area contributed by atoms with Gasteiger partial charge >= 0.3 is 0 Å². The number of para-hydroxylation sites is 1. The minimum atomic E-state index is -0.443. The highest BCUT2D eigenvalue weighted by Gasteiger charge is 2.49. The van der Waals surface area contributed by atoms with Crippen LogP contribution in [-0.4, -0.2) is 24.1 Å². The van der Waals surface area contributed by atoms with Crippen molar-refractivity contribution in [1.29, 1.82) is 0 Å². The van der Waals surface area contributed by atoms with E-state index in [9.17, 15) is 4.79 Å². The van der Waals surface area contributed by atoms with Crippen LogP contribution in [0.5, 0.6) is 5.75 Å². The number of methoxy groups -OCH3 is 1. The zero-order valence-electron chi connectivity index (χ0n) is 12.3. The summed E-state index contributed by atoms with van der Waals surface area (Å²) in [4.78, 5) is 12.8. The van der Waals surface area contributed by atoms with Gasteiger partial charge in [0.05, 0.1) is 29.8 Å². The van der Waals surface area contributed by atoms with Gasteiger partial charge in [-0.3, -0.25) is 4.79 Å². The number of hydrogen-bond donors (Lipinski definition) is 0. The molecular formula is C16H22O3. The Morgan fingerprint density at radius 3 is 2.42 bits per heavy atom. The zero-order chi connectivity index (χ0) is 14.3. The third kappa shape index (κ3) is 2.66. The second kappa shape index (κ2) is 4.64. The largest absolute Gasteiger partial charge is 0.496 e. The van der Waals surface area contributed by atoms with Crippen molar-refractivity contribution in [3.05, 3.63) is 29.8 Å². The van der Waals surface area contributed by atoms with Gasteiger partial charge in [-0.2, -0.15) is 0 Å². The Balaban J connectivity index is 2.34. The lowest BCUT2D eigenvalue weighted by Crippen LogP contribution is -2.34. The van der Waals surface area contributed by atoms with Crippen LogP contribution < -0.4 is 4.74 Å². The number of ether oxygens (including phenoxy) is 2. The summed E-state index contributed by atoms with van der Waals surface area (Å²) in [6.45, 7) is 8.04. The van der Waals surface area contributed by atoms with Crippen LogP contribution in [0.3, 0.4) is 0 Å². The Morgan fingerprint density at radius 2 is 1.89 bits per heavy atom. The van der Waals surface area contributed by atoms with Crippen LogP contribution in [0.2, 0.25) is 0 Å². The Morgan fingerprint density at radius 1 is 1.26 bits per heavy atom. The predicted octanol–water partition coefficient (Wildman–Crippen LogP) is 3.47. The average Bonchev–Trinajstić information content (AvgIpc) is 2.56. The summed E-state index contributed by atoms with van der Waals surface area (Å²) in [6.07, 6.45) is 0.733. The summed E-state index contributed by atoms with van der Waals surface area (Å²) >= 11 is 0. The van der Waals surface area contributed by atoms with Crippen LogP contribution in [0.1, 0.15) is 44.5 Å². The molecule has 0 amide bonds. The lowest BCUT2D eigenvalue weighted by atomic mass is 9.81. The van der Waals surface area contributed by atoms with E-state index in [2.05, 4.69) is 0 Å². The van der Waals surface area contributed by atoms with Gasteiger partial charge in [0.2, 0.25) is 0 Å². The van der Waals surface area contributed by atoms with E-state index in [1.807, 2.05) is 52.0 Å². The third-order valence-electron chi connectivity index (χ3n) is 3.76. The van der Waals surface area contributed by atoms with Crippen molar-refractivity contribution < 1.29 is 14.3 Å². The van der Waals surface area contributed by atoms with Gasteiger partial charge in [-0.15, -0.1) is 0 Å². The first kappa shape index (κ1) is 14.1. The van der Waals surface area contributed by atoms with Gasteiger partial charge in [0.1, 0.15) is 5.75 Å². The predicted molar refractivity (Wildman–Crippen MR) is 74.7 cm³/mol. The summed E-state index contributed by atoms with van der Waals surface area (Å²) in [6, 6.07) is 7.38. The number of carbonyl (C=O) groups is 1. The van der Waals surface area contributed by atoms with Crippen molar-refractivity contribution in [2.75, 3.05) is 7.11 Å². The highest BCUT2D eigenvalue weighted by atomic mass is 16.5. The molecule has 1 aliphatic rings. The van der Waals surface area contributed by atoms with Gasteiger partial charge in [-0.1, -0.05) is 12.1 Å². The van der Waals surface area contributed by atoms with Gasteiger partial charge in [-0.25, -0.2) is 0 Å². The monoisotopic (exact) mass is 262 g/mol. The first-order chi connectivity index (χ1) is 8.77. The highest BCUT2D eigenvalue weighted by Crippen LogP contribution is 2.44. The molecule has 1 fully saturated rings. The van der Waals surface area contributed by atoms with Gasteiger partial charge in [0, 0.05) is 0 Å². The van der Waals surface area contributed by atoms with Gasteiger partial charge < -0.3 is 9.47 Å². The van der Waals surface area contributed by atoms with Crippen LogP contribution in [-0.2, 0) is 4.74 Å². The summed E-state index contributed by atoms with van der Waals surface area (Å²) in [5.74, 6) is 0.597. The molecule has 1 atom stereocenters. The Hall–Kier alpha value is -1.35. The number of hydrogen-bond acceptors (Lipinski definition) is 3. The molecule has 19 heavy (non-hydrogen) atoms. The molecule has 1 heterocycles. The molecular weight excluding hydrogens is 240 g/mol. The summed E-state index contributed by atoms with van der Waals surface area (Å²) in [5.41, 5.74) is -0.0582. The lowest BCUT2D eigenvalue weighted by molar-refractivity contribution is -0.0712. The molecule has 1 aliphatic heterocycles. The number of rotatable bonds is 3. The summed E-state index contributed by atoms with van der Waals surface area (Å²) in [7, 11) is 1.59. The van der Waals surface area contributed by atoms with Crippen molar-refractivity contribution in [3.8, 4) is 5.75 Å². The number of Topliss-reactive ketones (excluding diaryl/α,β-unsaturated/α-hetero) is 1. The molecule has 0 aliphatic carbocycles. The normalized spacial score (nSPS) is 24.2. The number of benzene rings is 1. The fraction of sp³-hybridized carbons (Fsp3) is 0.562. The number of ketones is 1. The van der Waals surface area contributed by atoms with Gasteiger partial charge in [-0.05, 0) is 46.2 Å². The molecule has 1 saturated heterocycles. The summed E-state index contributed by atoms with van der Waals surface area (Å²) < 4.78 is 11.3.